The molecule has 0 aromatic heterocycles. The maximum atomic E-state index is 12.2. The van der Waals surface area contributed by atoms with E-state index >= 15 is 0 Å². The number of halogens is 1. The number of carbonyl (C=O) groups is 2. The lowest BCUT2D eigenvalue weighted by Crippen LogP contribution is -2.08. The molecule has 2 aromatic rings. The molecule has 0 fully saturated rings. The number of benzene rings is 2. The van der Waals surface area contributed by atoms with Gasteiger partial charge in [0.05, 0.1) is 10.6 Å². The van der Waals surface area contributed by atoms with Crippen molar-refractivity contribution in [3.63, 3.8) is 0 Å². The molecule has 0 amide bonds. The van der Waals surface area contributed by atoms with Gasteiger partial charge in [0.15, 0.2) is 6.29 Å². The van der Waals surface area contributed by atoms with Gasteiger partial charge in [0.1, 0.15) is 5.75 Å². The summed E-state index contributed by atoms with van der Waals surface area (Å²) >= 11 is 5.94. The van der Waals surface area contributed by atoms with Gasteiger partial charge in [0.25, 0.3) is 0 Å². The minimum atomic E-state index is -0.440. The van der Waals surface area contributed by atoms with Crippen LogP contribution >= 0.6 is 11.6 Å². The van der Waals surface area contributed by atoms with E-state index in [4.69, 9.17) is 16.3 Å². The molecule has 2 aromatic carbocycles. The lowest BCUT2D eigenvalue weighted by atomic mass is 10.0. The average molecular weight is 359 g/mol. The van der Waals surface area contributed by atoms with Crippen LogP contribution in [-0.4, -0.2) is 12.3 Å². The Bertz CT molecular complexity index is 708. The molecule has 0 aliphatic carbocycles. The van der Waals surface area contributed by atoms with Crippen LogP contribution in [0, 0.1) is 0 Å². The summed E-state index contributed by atoms with van der Waals surface area (Å²) in [5.74, 6) is -0.120. The standard InChI is InChI=1S/C21H23ClO3/c1-2-3-4-5-6-7-16-8-10-17(11-9-16)21(24)25-19-13-12-18(15-23)20(22)14-19/h8-15H,2-7H2,1H3. The molecule has 0 spiro atoms. The van der Waals surface area contributed by atoms with Crippen LogP contribution in [0.15, 0.2) is 42.5 Å². The first-order valence-corrected chi connectivity index (χ1v) is 9.07. The maximum absolute atomic E-state index is 12.2. The summed E-state index contributed by atoms with van der Waals surface area (Å²) < 4.78 is 5.31. The monoisotopic (exact) mass is 358 g/mol. The zero-order chi connectivity index (χ0) is 18.1. The second-order valence-electron chi connectivity index (χ2n) is 6.05. The van der Waals surface area contributed by atoms with E-state index < -0.39 is 5.97 Å². The van der Waals surface area contributed by atoms with Crippen LogP contribution in [0.1, 0.15) is 65.3 Å². The highest BCUT2D eigenvalue weighted by atomic mass is 35.5. The highest BCUT2D eigenvalue weighted by molar-refractivity contribution is 6.33. The van der Waals surface area contributed by atoms with Crippen molar-refractivity contribution in [2.45, 2.75) is 45.4 Å². The number of aldehydes is 1. The van der Waals surface area contributed by atoms with Crippen LogP contribution in [0.4, 0.5) is 0 Å². The third kappa shape index (κ3) is 6.02. The second-order valence-corrected chi connectivity index (χ2v) is 6.46. The van der Waals surface area contributed by atoms with Gasteiger partial charge in [-0.25, -0.2) is 4.79 Å². The zero-order valence-electron chi connectivity index (χ0n) is 14.5. The van der Waals surface area contributed by atoms with E-state index in [2.05, 4.69) is 6.92 Å². The first kappa shape index (κ1) is 19.2. The quantitative estimate of drug-likeness (QED) is 0.243. The summed E-state index contributed by atoms with van der Waals surface area (Å²) in [6.45, 7) is 2.21. The molecular weight excluding hydrogens is 336 g/mol. The van der Waals surface area contributed by atoms with Crippen LogP contribution in [0.25, 0.3) is 0 Å². The Balaban J connectivity index is 1.89. The van der Waals surface area contributed by atoms with E-state index in [0.717, 1.165) is 6.42 Å². The van der Waals surface area contributed by atoms with Crippen molar-refractivity contribution in [2.75, 3.05) is 0 Å². The highest BCUT2D eigenvalue weighted by Gasteiger charge is 2.10. The smallest absolute Gasteiger partial charge is 0.343 e. The van der Waals surface area contributed by atoms with Crippen molar-refractivity contribution in [2.24, 2.45) is 0 Å². The van der Waals surface area contributed by atoms with Crippen molar-refractivity contribution in [1.82, 2.24) is 0 Å². The third-order valence-electron chi connectivity index (χ3n) is 4.07. The average Bonchev–Trinajstić information content (AvgIpc) is 2.62. The fourth-order valence-electron chi connectivity index (χ4n) is 2.57. The maximum Gasteiger partial charge on any atom is 0.343 e. The predicted molar refractivity (Wildman–Crippen MR) is 101 cm³/mol. The van der Waals surface area contributed by atoms with E-state index in [1.165, 1.54) is 49.8 Å². The fraction of sp³-hybridized carbons (Fsp3) is 0.333. The fourth-order valence-corrected chi connectivity index (χ4v) is 2.79. The topological polar surface area (TPSA) is 43.4 Å². The van der Waals surface area contributed by atoms with Gasteiger partial charge in [0.2, 0.25) is 0 Å². The minimum Gasteiger partial charge on any atom is -0.423 e. The summed E-state index contributed by atoms with van der Waals surface area (Å²) in [6.07, 6.45) is 7.94. The molecule has 2 rings (SSSR count). The Hall–Kier alpha value is -2.13. The molecule has 0 aliphatic rings. The first-order valence-electron chi connectivity index (χ1n) is 8.70. The highest BCUT2D eigenvalue weighted by Crippen LogP contribution is 2.22. The number of unbranched alkanes of at least 4 members (excludes halogenated alkanes) is 4. The molecule has 25 heavy (non-hydrogen) atoms. The number of aryl methyl sites for hydroxylation is 1. The zero-order valence-corrected chi connectivity index (χ0v) is 15.2. The Morgan fingerprint density at radius 3 is 2.40 bits per heavy atom. The molecule has 4 heteroatoms. The first-order chi connectivity index (χ1) is 12.1. The molecule has 0 heterocycles. The Labute approximate surface area is 154 Å². The number of hydrogen-bond acceptors (Lipinski definition) is 3. The Morgan fingerprint density at radius 1 is 1.04 bits per heavy atom. The van der Waals surface area contributed by atoms with Gasteiger partial charge in [-0.15, -0.1) is 0 Å². The molecule has 0 saturated heterocycles. The Kier molecular flexibility index (Phi) is 7.68. The summed E-state index contributed by atoms with van der Waals surface area (Å²) in [4.78, 5) is 22.9. The van der Waals surface area contributed by atoms with Crippen LogP contribution < -0.4 is 4.74 Å². The number of ether oxygens (including phenoxy) is 1. The number of hydrogen-bond donors (Lipinski definition) is 0. The molecule has 3 nitrogen and oxygen atoms in total. The predicted octanol–water partition coefficient (Wildman–Crippen LogP) is 5.88. The van der Waals surface area contributed by atoms with E-state index in [1.807, 2.05) is 12.1 Å². The van der Waals surface area contributed by atoms with Crippen molar-refractivity contribution >= 4 is 23.9 Å². The van der Waals surface area contributed by atoms with E-state index in [-0.39, 0.29) is 5.02 Å². The molecule has 0 unspecified atom stereocenters. The van der Waals surface area contributed by atoms with Crippen molar-refractivity contribution in [1.29, 1.82) is 0 Å². The minimum absolute atomic E-state index is 0.263. The van der Waals surface area contributed by atoms with E-state index in [9.17, 15) is 9.59 Å². The molecule has 0 aliphatic heterocycles. The van der Waals surface area contributed by atoms with Gasteiger partial charge in [-0.1, -0.05) is 56.3 Å². The summed E-state index contributed by atoms with van der Waals surface area (Å²) in [5.41, 5.74) is 2.08. The van der Waals surface area contributed by atoms with E-state index in [1.54, 1.807) is 18.2 Å². The molecule has 132 valence electrons. The van der Waals surface area contributed by atoms with Crippen LogP contribution in [-0.2, 0) is 6.42 Å². The molecule has 0 bridgehead atoms. The normalized spacial score (nSPS) is 10.5. The Morgan fingerprint density at radius 2 is 1.76 bits per heavy atom. The van der Waals surface area contributed by atoms with Gasteiger partial charge in [-0.05, 0) is 42.7 Å². The van der Waals surface area contributed by atoms with Crippen LogP contribution in [0.2, 0.25) is 5.02 Å². The molecule has 0 N–H and O–H groups in total. The largest absolute Gasteiger partial charge is 0.423 e. The van der Waals surface area contributed by atoms with E-state index in [0.29, 0.717) is 23.2 Å². The second kappa shape index (κ2) is 10.00. The summed E-state index contributed by atoms with van der Waals surface area (Å²) in [7, 11) is 0. The molecule has 0 atom stereocenters. The van der Waals surface area contributed by atoms with Gasteiger partial charge in [-0.2, -0.15) is 0 Å². The van der Waals surface area contributed by atoms with Crippen molar-refractivity contribution in [3.05, 3.63) is 64.2 Å². The summed E-state index contributed by atoms with van der Waals surface area (Å²) in [5, 5.41) is 0.263. The third-order valence-corrected chi connectivity index (χ3v) is 4.40. The molecule has 0 radical (unpaired) electrons. The number of rotatable bonds is 9. The summed E-state index contributed by atoms with van der Waals surface area (Å²) in [6, 6.07) is 12.1. The van der Waals surface area contributed by atoms with Gasteiger partial charge >= 0.3 is 5.97 Å². The molecule has 0 saturated carbocycles. The SMILES string of the molecule is CCCCCCCc1ccc(C(=O)Oc2ccc(C=O)c(Cl)c2)cc1. The van der Waals surface area contributed by atoms with Crippen LogP contribution in [0.3, 0.4) is 0 Å². The van der Waals surface area contributed by atoms with Gasteiger partial charge < -0.3 is 4.74 Å². The lowest BCUT2D eigenvalue weighted by molar-refractivity contribution is 0.0734. The van der Waals surface area contributed by atoms with Crippen molar-refractivity contribution in [3.8, 4) is 5.75 Å². The number of esters is 1. The number of carbonyl (C=O) groups excluding carboxylic acids is 2. The molecular formula is C21H23ClO3. The lowest BCUT2D eigenvalue weighted by Gasteiger charge is -2.07. The van der Waals surface area contributed by atoms with Crippen molar-refractivity contribution < 1.29 is 14.3 Å². The van der Waals surface area contributed by atoms with Gasteiger partial charge in [0, 0.05) is 11.6 Å². The van der Waals surface area contributed by atoms with Crippen LogP contribution in [0.5, 0.6) is 5.75 Å². The van der Waals surface area contributed by atoms with Gasteiger partial charge in [-0.3, -0.25) is 4.79 Å².